The van der Waals surface area contributed by atoms with E-state index in [1.165, 1.54) is 0 Å². The number of nitrogens with zero attached hydrogens (tertiary/aromatic N) is 1. The Labute approximate surface area is 98.8 Å². The van der Waals surface area contributed by atoms with E-state index in [2.05, 4.69) is 18.7 Å². The molecule has 96 valence electrons. The van der Waals surface area contributed by atoms with Crippen molar-refractivity contribution >= 4 is 0 Å². The normalized spacial score (nSPS) is 31.3. The van der Waals surface area contributed by atoms with E-state index in [1.807, 2.05) is 6.92 Å². The van der Waals surface area contributed by atoms with E-state index in [9.17, 15) is 0 Å². The van der Waals surface area contributed by atoms with Gasteiger partial charge in [0.05, 0.1) is 19.3 Å². The minimum Gasteiger partial charge on any atom is -0.394 e. The highest BCUT2D eigenvalue weighted by molar-refractivity contribution is 4.83. The standard InChI is InChI=1S/C12H26N2O2/c1-4-11-8-16-10(2)7-14(11)6-5-12(3,13)9-15/h10-11,15H,4-9,13H2,1-3H3. The SMILES string of the molecule is CCC1COC(C)CN1CCC(C)(N)CO. The quantitative estimate of drug-likeness (QED) is 0.725. The number of hydrogen-bond acceptors (Lipinski definition) is 4. The van der Waals surface area contributed by atoms with Crippen LogP contribution in [0.25, 0.3) is 0 Å². The molecule has 0 saturated carbocycles. The van der Waals surface area contributed by atoms with Crippen LogP contribution in [-0.2, 0) is 4.74 Å². The predicted octanol–water partition coefficient (Wildman–Crippen LogP) is 0.586. The van der Waals surface area contributed by atoms with Crippen molar-refractivity contribution < 1.29 is 9.84 Å². The minimum absolute atomic E-state index is 0.0453. The maximum absolute atomic E-state index is 9.13. The molecular weight excluding hydrogens is 204 g/mol. The van der Waals surface area contributed by atoms with Crippen LogP contribution in [0, 0.1) is 0 Å². The second-order valence-electron chi connectivity index (χ2n) is 5.26. The molecule has 0 radical (unpaired) electrons. The third-order valence-electron chi connectivity index (χ3n) is 3.38. The van der Waals surface area contributed by atoms with Crippen LogP contribution in [0.2, 0.25) is 0 Å². The van der Waals surface area contributed by atoms with Crippen molar-refractivity contribution in [2.24, 2.45) is 5.73 Å². The van der Waals surface area contributed by atoms with Gasteiger partial charge in [-0.05, 0) is 26.7 Å². The van der Waals surface area contributed by atoms with Gasteiger partial charge in [-0.15, -0.1) is 0 Å². The summed E-state index contributed by atoms with van der Waals surface area (Å²) in [5.41, 5.74) is 5.49. The molecule has 0 amide bonds. The Balaban J connectivity index is 2.43. The monoisotopic (exact) mass is 230 g/mol. The smallest absolute Gasteiger partial charge is 0.0674 e. The predicted molar refractivity (Wildman–Crippen MR) is 65.4 cm³/mol. The number of rotatable bonds is 5. The van der Waals surface area contributed by atoms with E-state index in [0.29, 0.717) is 12.1 Å². The molecule has 0 aliphatic carbocycles. The van der Waals surface area contributed by atoms with Crippen molar-refractivity contribution in [3.63, 3.8) is 0 Å². The average Bonchev–Trinajstić information content (AvgIpc) is 2.27. The van der Waals surface area contributed by atoms with E-state index in [0.717, 1.165) is 32.5 Å². The minimum atomic E-state index is -0.458. The summed E-state index contributed by atoms with van der Waals surface area (Å²) in [6, 6.07) is 0.505. The summed E-state index contributed by atoms with van der Waals surface area (Å²) in [5.74, 6) is 0. The first-order chi connectivity index (χ1) is 7.48. The van der Waals surface area contributed by atoms with Gasteiger partial charge >= 0.3 is 0 Å². The molecule has 1 aliphatic rings. The van der Waals surface area contributed by atoms with Crippen molar-refractivity contribution in [1.29, 1.82) is 0 Å². The van der Waals surface area contributed by atoms with Gasteiger partial charge in [-0.1, -0.05) is 6.92 Å². The van der Waals surface area contributed by atoms with Gasteiger partial charge in [0.2, 0.25) is 0 Å². The first-order valence-corrected chi connectivity index (χ1v) is 6.24. The van der Waals surface area contributed by atoms with Gasteiger partial charge in [-0.2, -0.15) is 0 Å². The van der Waals surface area contributed by atoms with Gasteiger partial charge in [0.25, 0.3) is 0 Å². The Morgan fingerprint density at radius 2 is 2.25 bits per heavy atom. The van der Waals surface area contributed by atoms with Gasteiger partial charge < -0.3 is 15.6 Å². The molecule has 0 bridgehead atoms. The molecule has 0 spiro atoms. The molecule has 1 saturated heterocycles. The number of aliphatic hydroxyl groups excluding tert-OH is 1. The van der Waals surface area contributed by atoms with Crippen molar-refractivity contribution in [3.8, 4) is 0 Å². The van der Waals surface area contributed by atoms with Gasteiger partial charge in [0.1, 0.15) is 0 Å². The summed E-state index contributed by atoms with van der Waals surface area (Å²) >= 11 is 0. The highest BCUT2D eigenvalue weighted by Gasteiger charge is 2.27. The fraction of sp³-hybridized carbons (Fsp3) is 1.00. The second-order valence-corrected chi connectivity index (χ2v) is 5.26. The largest absolute Gasteiger partial charge is 0.394 e. The van der Waals surface area contributed by atoms with E-state index >= 15 is 0 Å². The third-order valence-corrected chi connectivity index (χ3v) is 3.38. The molecule has 0 aromatic rings. The summed E-state index contributed by atoms with van der Waals surface area (Å²) in [5, 5.41) is 9.13. The summed E-state index contributed by atoms with van der Waals surface area (Å²) in [7, 11) is 0. The number of ether oxygens (including phenoxy) is 1. The molecule has 1 rings (SSSR count). The Kier molecular flexibility index (Phi) is 5.18. The van der Waals surface area contributed by atoms with E-state index < -0.39 is 5.54 Å². The Morgan fingerprint density at radius 1 is 1.56 bits per heavy atom. The van der Waals surface area contributed by atoms with Crippen LogP contribution in [0.5, 0.6) is 0 Å². The molecule has 0 aromatic heterocycles. The number of morpholine rings is 1. The molecule has 3 N–H and O–H groups in total. The Bertz CT molecular complexity index is 209. The zero-order valence-electron chi connectivity index (χ0n) is 10.8. The number of aliphatic hydroxyl groups is 1. The molecule has 1 aliphatic heterocycles. The van der Waals surface area contributed by atoms with Gasteiger partial charge in [0, 0.05) is 24.7 Å². The Hall–Kier alpha value is -0.160. The fourth-order valence-corrected chi connectivity index (χ4v) is 2.04. The van der Waals surface area contributed by atoms with Crippen LogP contribution in [0.3, 0.4) is 0 Å². The topological polar surface area (TPSA) is 58.7 Å². The third kappa shape index (κ3) is 4.01. The fourth-order valence-electron chi connectivity index (χ4n) is 2.04. The summed E-state index contributed by atoms with van der Waals surface area (Å²) in [6.45, 7) is 8.97. The maximum Gasteiger partial charge on any atom is 0.0674 e. The lowest BCUT2D eigenvalue weighted by molar-refractivity contribution is -0.0580. The van der Waals surface area contributed by atoms with Crippen molar-refractivity contribution in [2.45, 2.75) is 51.3 Å². The Morgan fingerprint density at radius 3 is 2.81 bits per heavy atom. The van der Waals surface area contributed by atoms with Crippen molar-refractivity contribution in [1.82, 2.24) is 4.90 Å². The first kappa shape index (κ1) is 13.9. The highest BCUT2D eigenvalue weighted by Crippen LogP contribution is 2.16. The highest BCUT2D eigenvalue weighted by atomic mass is 16.5. The van der Waals surface area contributed by atoms with E-state index in [-0.39, 0.29) is 6.61 Å². The van der Waals surface area contributed by atoms with Crippen LogP contribution in [0.4, 0.5) is 0 Å². The first-order valence-electron chi connectivity index (χ1n) is 6.24. The maximum atomic E-state index is 9.13. The molecule has 3 atom stereocenters. The molecule has 1 fully saturated rings. The molecular formula is C12H26N2O2. The summed E-state index contributed by atoms with van der Waals surface area (Å²) in [6.07, 6.45) is 2.24. The number of nitrogens with two attached hydrogens (primary N) is 1. The van der Waals surface area contributed by atoms with Gasteiger partial charge in [-0.25, -0.2) is 0 Å². The zero-order valence-corrected chi connectivity index (χ0v) is 10.8. The molecule has 3 unspecified atom stereocenters. The summed E-state index contributed by atoms with van der Waals surface area (Å²) < 4.78 is 5.65. The zero-order chi connectivity index (χ0) is 12.2. The van der Waals surface area contributed by atoms with Crippen LogP contribution in [-0.4, -0.2) is 54.0 Å². The molecule has 1 heterocycles. The van der Waals surface area contributed by atoms with Gasteiger partial charge in [0.15, 0.2) is 0 Å². The lowest BCUT2D eigenvalue weighted by Gasteiger charge is -2.39. The van der Waals surface area contributed by atoms with Crippen LogP contribution >= 0.6 is 0 Å². The molecule has 16 heavy (non-hydrogen) atoms. The van der Waals surface area contributed by atoms with E-state index in [4.69, 9.17) is 15.6 Å². The lowest BCUT2D eigenvalue weighted by Crippen LogP contribution is -2.51. The second kappa shape index (κ2) is 5.96. The van der Waals surface area contributed by atoms with Crippen LogP contribution in [0.15, 0.2) is 0 Å². The van der Waals surface area contributed by atoms with Gasteiger partial charge in [-0.3, -0.25) is 4.90 Å². The van der Waals surface area contributed by atoms with Crippen molar-refractivity contribution in [3.05, 3.63) is 0 Å². The van der Waals surface area contributed by atoms with Crippen molar-refractivity contribution in [2.75, 3.05) is 26.3 Å². The lowest BCUT2D eigenvalue weighted by atomic mass is 9.99. The van der Waals surface area contributed by atoms with E-state index in [1.54, 1.807) is 0 Å². The molecule has 4 nitrogen and oxygen atoms in total. The average molecular weight is 230 g/mol. The number of hydrogen-bond donors (Lipinski definition) is 2. The summed E-state index contributed by atoms with van der Waals surface area (Å²) in [4.78, 5) is 2.44. The molecule has 4 heteroatoms. The van der Waals surface area contributed by atoms with Crippen LogP contribution in [0.1, 0.15) is 33.6 Å². The van der Waals surface area contributed by atoms with Crippen LogP contribution < -0.4 is 5.73 Å². The molecule has 0 aromatic carbocycles.